The summed E-state index contributed by atoms with van der Waals surface area (Å²) in [5, 5.41) is 9.03. The molecule has 4 heteroatoms. The van der Waals surface area contributed by atoms with Crippen LogP contribution in [0.15, 0.2) is 115 Å². The standard InChI is InChI=1S/C30H23N3O/c31-19-25-16-15-24(20-32-25)22-8-5-7-21(17-22)23-9-6-10-26(18-23)33-27-11-1-3-13-29(27)34-30-14-4-2-12-28(30)33/h1-18,20,27-30H. The normalized spacial score (nSPS) is 24.4. The minimum Gasteiger partial charge on any atom is -0.362 e. The summed E-state index contributed by atoms with van der Waals surface area (Å²) in [5.74, 6) is 0. The van der Waals surface area contributed by atoms with Crippen LogP contribution in [0, 0.1) is 11.3 Å². The van der Waals surface area contributed by atoms with Crippen molar-refractivity contribution in [1.29, 1.82) is 5.26 Å². The zero-order valence-corrected chi connectivity index (χ0v) is 18.5. The topological polar surface area (TPSA) is 49.2 Å². The van der Waals surface area contributed by atoms with Crippen molar-refractivity contribution < 1.29 is 4.74 Å². The molecule has 4 unspecified atom stereocenters. The lowest BCUT2D eigenvalue weighted by Gasteiger charge is -2.49. The Labute approximate surface area is 199 Å². The lowest BCUT2D eigenvalue weighted by Crippen LogP contribution is -2.59. The van der Waals surface area contributed by atoms with Crippen LogP contribution in [0.3, 0.4) is 0 Å². The van der Waals surface area contributed by atoms with Crippen LogP contribution < -0.4 is 4.90 Å². The van der Waals surface area contributed by atoms with E-state index in [4.69, 9.17) is 10.00 Å². The fourth-order valence-corrected chi connectivity index (χ4v) is 4.98. The Bertz CT molecular complexity index is 1340. The first-order valence-corrected chi connectivity index (χ1v) is 11.5. The average molecular weight is 442 g/mol. The molecular formula is C30H23N3O. The molecule has 1 saturated heterocycles. The van der Waals surface area contributed by atoms with Crippen LogP contribution in [0.2, 0.25) is 0 Å². The van der Waals surface area contributed by atoms with E-state index >= 15 is 0 Å². The maximum absolute atomic E-state index is 9.03. The second-order valence-electron chi connectivity index (χ2n) is 8.67. The van der Waals surface area contributed by atoms with Crippen molar-refractivity contribution in [2.45, 2.75) is 24.3 Å². The number of allylic oxidation sites excluding steroid dienone is 4. The third-order valence-electron chi connectivity index (χ3n) is 6.62. The molecule has 0 radical (unpaired) electrons. The van der Waals surface area contributed by atoms with Gasteiger partial charge in [-0.1, -0.05) is 78.9 Å². The molecule has 4 nitrogen and oxygen atoms in total. The molecule has 0 N–H and O–H groups in total. The fraction of sp³-hybridized carbons (Fsp3) is 0.133. The second-order valence-corrected chi connectivity index (χ2v) is 8.67. The molecule has 0 amide bonds. The van der Waals surface area contributed by atoms with Gasteiger partial charge in [0.25, 0.3) is 0 Å². The summed E-state index contributed by atoms with van der Waals surface area (Å²) in [6, 6.07) is 23.3. The van der Waals surface area contributed by atoms with Gasteiger partial charge in [0, 0.05) is 17.4 Å². The van der Waals surface area contributed by atoms with Gasteiger partial charge in [-0.25, -0.2) is 4.98 Å². The van der Waals surface area contributed by atoms with Gasteiger partial charge in [0.15, 0.2) is 0 Å². The van der Waals surface area contributed by atoms with Crippen LogP contribution in [-0.2, 0) is 4.74 Å². The highest BCUT2D eigenvalue weighted by molar-refractivity contribution is 5.75. The first-order valence-electron chi connectivity index (χ1n) is 11.5. The predicted octanol–water partition coefficient (Wildman–Crippen LogP) is 5.85. The molecule has 1 aliphatic heterocycles. The van der Waals surface area contributed by atoms with Crippen molar-refractivity contribution in [3.63, 3.8) is 0 Å². The van der Waals surface area contributed by atoms with Crippen LogP contribution in [0.25, 0.3) is 22.3 Å². The molecule has 6 rings (SSSR count). The minimum absolute atomic E-state index is 0.0262. The van der Waals surface area contributed by atoms with Crippen LogP contribution >= 0.6 is 0 Å². The van der Waals surface area contributed by atoms with Crippen molar-refractivity contribution in [3.05, 3.63) is 121 Å². The predicted molar refractivity (Wildman–Crippen MR) is 135 cm³/mol. The fourth-order valence-electron chi connectivity index (χ4n) is 4.98. The SMILES string of the molecule is N#Cc1ccc(-c2cccc(-c3cccc(N4C5C=CC=CC5OC5C=CC=CC54)c3)c2)cn1. The van der Waals surface area contributed by atoms with Crippen LogP contribution in [0.4, 0.5) is 5.69 Å². The highest BCUT2D eigenvalue weighted by Gasteiger charge is 2.41. The highest BCUT2D eigenvalue weighted by atomic mass is 16.5. The number of anilines is 1. The van der Waals surface area contributed by atoms with Crippen molar-refractivity contribution in [2.75, 3.05) is 4.90 Å². The number of aromatic nitrogens is 1. The molecule has 0 spiro atoms. The summed E-state index contributed by atoms with van der Waals surface area (Å²) in [5.41, 5.74) is 5.97. The van der Waals surface area contributed by atoms with E-state index < -0.39 is 0 Å². The zero-order chi connectivity index (χ0) is 22.9. The second kappa shape index (κ2) is 8.62. The van der Waals surface area contributed by atoms with E-state index in [1.54, 1.807) is 12.3 Å². The Morgan fingerprint density at radius 2 is 1.32 bits per heavy atom. The number of nitriles is 1. The highest BCUT2D eigenvalue weighted by Crippen LogP contribution is 2.37. The zero-order valence-electron chi connectivity index (χ0n) is 18.5. The van der Waals surface area contributed by atoms with Gasteiger partial charge >= 0.3 is 0 Å². The Hall–Kier alpha value is -4.20. The van der Waals surface area contributed by atoms with Gasteiger partial charge < -0.3 is 9.64 Å². The first kappa shape index (κ1) is 20.4. The average Bonchev–Trinajstić information content (AvgIpc) is 2.92. The van der Waals surface area contributed by atoms with Gasteiger partial charge in [-0.3, -0.25) is 0 Å². The number of pyridine rings is 1. The maximum atomic E-state index is 9.03. The molecule has 1 aromatic heterocycles. The van der Waals surface area contributed by atoms with E-state index in [0.717, 1.165) is 22.3 Å². The summed E-state index contributed by atoms with van der Waals surface area (Å²) < 4.78 is 6.40. The Kier molecular flexibility index (Phi) is 5.18. The molecule has 0 bridgehead atoms. The minimum atomic E-state index is 0.0262. The summed E-state index contributed by atoms with van der Waals surface area (Å²) in [6.07, 6.45) is 18.9. The number of hydrogen-bond donors (Lipinski definition) is 0. The van der Waals surface area contributed by atoms with Crippen LogP contribution in [0.1, 0.15) is 5.69 Å². The number of rotatable bonds is 3. The van der Waals surface area contributed by atoms with E-state index in [1.165, 1.54) is 5.69 Å². The van der Waals surface area contributed by atoms with Crippen molar-refractivity contribution in [2.24, 2.45) is 0 Å². The van der Waals surface area contributed by atoms with Crippen molar-refractivity contribution in [3.8, 4) is 28.3 Å². The maximum Gasteiger partial charge on any atom is 0.140 e. The number of morpholine rings is 1. The smallest absolute Gasteiger partial charge is 0.140 e. The van der Waals surface area contributed by atoms with E-state index in [1.807, 2.05) is 6.07 Å². The quantitative estimate of drug-likeness (QED) is 0.512. The van der Waals surface area contributed by atoms with Crippen LogP contribution in [0.5, 0.6) is 0 Å². The molecule has 3 aliphatic rings. The third kappa shape index (κ3) is 3.67. The molecule has 0 saturated carbocycles. The van der Waals surface area contributed by atoms with Gasteiger partial charge in [0.2, 0.25) is 0 Å². The Morgan fingerprint density at radius 3 is 1.97 bits per heavy atom. The monoisotopic (exact) mass is 441 g/mol. The van der Waals surface area contributed by atoms with E-state index in [9.17, 15) is 0 Å². The number of benzene rings is 2. The summed E-state index contributed by atoms with van der Waals surface area (Å²) in [7, 11) is 0. The number of nitrogens with zero attached hydrogens (tertiary/aromatic N) is 3. The van der Waals surface area contributed by atoms with Crippen molar-refractivity contribution >= 4 is 5.69 Å². The van der Waals surface area contributed by atoms with Gasteiger partial charge in [0.05, 0.1) is 12.1 Å². The molecule has 2 aliphatic carbocycles. The van der Waals surface area contributed by atoms with E-state index in [-0.39, 0.29) is 24.3 Å². The third-order valence-corrected chi connectivity index (χ3v) is 6.62. The lowest BCUT2D eigenvalue weighted by molar-refractivity contribution is -0.00560. The van der Waals surface area contributed by atoms with E-state index in [0.29, 0.717) is 5.69 Å². The largest absolute Gasteiger partial charge is 0.362 e. The Morgan fingerprint density at radius 1 is 0.706 bits per heavy atom. The lowest BCUT2D eigenvalue weighted by atomic mass is 9.92. The molecule has 4 atom stereocenters. The Balaban J connectivity index is 1.37. The van der Waals surface area contributed by atoms with E-state index in [2.05, 4.69) is 113 Å². The number of fused-ring (bicyclic) bond motifs is 2. The van der Waals surface area contributed by atoms with Gasteiger partial charge in [-0.15, -0.1) is 0 Å². The first-order chi connectivity index (χ1) is 16.8. The van der Waals surface area contributed by atoms with Gasteiger partial charge in [-0.2, -0.15) is 5.26 Å². The molecule has 2 aromatic carbocycles. The summed E-state index contributed by atoms with van der Waals surface area (Å²) >= 11 is 0. The van der Waals surface area contributed by atoms with Crippen LogP contribution in [-0.4, -0.2) is 29.3 Å². The van der Waals surface area contributed by atoms with Gasteiger partial charge in [0.1, 0.15) is 24.0 Å². The molecule has 164 valence electrons. The summed E-state index contributed by atoms with van der Waals surface area (Å²) in [6.45, 7) is 0. The summed E-state index contributed by atoms with van der Waals surface area (Å²) in [4.78, 5) is 6.71. The molecule has 3 aromatic rings. The van der Waals surface area contributed by atoms with Gasteiger partial charge in [-0.05, 0) is 47.0 Å². The molecule has 34 heavy (non-hydrogen) atoms. The molecule has 2 heterocycles. The van der Waals surface area contributed by atoms with Crippen molar-refractivity contribution in [1.82, 2.24) is 4.98 Å². The molecular weight excluding hydrogens is 418 g/mol. The number of ether oxygens (including phenoxy) is 1. The number of hydrogen-bond acceptors (Lipinski definition) is 4. The molecule has 1 fully saturated rings.